The molecular weight excluding hydrogens is 992 g/mol. The van der Waals surface area contributed by atoms with Gasteiger partial charge in [0.05, 0.1) is 22.4 Å². The number of nitrogens with one attached hydrogen (secondary N) is 2. The van der Waals surface area contributed by atoms with Gasteiger partial charge in [0.25, 0.3) is 11.8 Å². The lowest BCUT2D eigenvalue weighted by Crippen LogP contribution is -2.33. The summed E-state index contributed by atoms with van der Waals surface area (Å²) in [5.74, 6) is -0.600. The maximum absolute atomic E-state index is 13.0. The van der Waals surface area contributed by atoms with Gasteiger partial charge in [-0.2, -0.15) is 0 Å². The molecule has 6 N–H and O–H groups in total. The van der Waals surface area contributed by atoms with Gasteiger partial charge < -0.3 is 40.7 Å². The van der Waals surface area contributed by atoms with Crippen LogP contribution in [0.1, 0.15) is 22.3 Å². The van der Waals surface area contributed by atoms with E-state index < -0.39 is 11.8 Å². The highest BCUT2D eigenvalue weighted by atomic mass is 79.9. The maximum Gasteiger partial charge on any atom is 0.269 e. The number of carbonyl (C=O) groups is 2. The van der Waals surface area contributed by atoms with Crippen molar-refractivity contribution in [2.24, 2.45) is 10.3 Å². The van der Waals surface area contributed by atoms with Crippen LogP contribution in [-0.4, -0.2) is 57.0 Å². The van der Waals surface area contributed by atoms with Crippen molar-refractivity contribution < 1.29 is 39.7 Å². The van der Waals surface area contributed by atoms with Crippen LogP contribution in [-0.2, 0) is 35.3 Å². The molecule has 51 heavy (non-hydrogen) atoms. The fraction of sp³-hybridized carbons (Fsp3) is 0.176. The van der Waals surface area contributed by atoms with Gasteiger partial charge in [0, 0.05) is 25.9 Å². The van der Waals surface area contributed by atoms with Gasteiger partial charge in [-0.05, 0) is 157 Å². The number of rotatable bonds is 0. The molecule has 3 heterocycles. The minimum atomic E-state index is -0.596. The van der Waals surface area contributed by atoms with Crippen LogP contribution in [0.5, 0.6) is 34.5 Å². The van der Waals surface area contributed by atoms with E-state index in [1.54, 1.807) is 42.5 Å². The number of hydrogen-bond acceptors (Lipinski definition) is 10. The molecule has 0 radical (unpaired) electrons. The number of carbonyl (C=O) groups excluding carboxylic acids is 2. The number of amides is 2. The third-order valence-electron chi connectivity index (χ3n) is 7.62. The molecule has 0 saturated carbocycles. The molecule has 0 fully saturated rings. The van der Waals surface area contributed by atoms with Crippen LogP contribution < -0.4 is 20.1 Å². The molecule has 8 bridgehead atoms. The SMILES string of the molecule is O=C1NCCc2ccc(Br)c(c2)Oc2ccc(c(Br)c2O)CCNC(=O)/C(=N/O)Cc2cc(Br)c(c(Br)c2)Oc2cc(cc(Br)c2O)C/C1=N\O. The highest BCUT2D eigenvalue weighted by Gasteiger charge is 2.21. The number of hydrogen-bond donors (Lipinski definition) is 6. The molecule has 4 aromatic rings. The Bertz CT molecular complexity index is 2050. The fourth-order valence-corrected chi connectivity index (χ4v) is 7.82. The summed E-state index contributed by atoms with van der Waals surface area (Å²) in [5.41, 5.74) is 2.27. The number of halogens is 5. The molecule has 0 aromatic heterocycles. The molecule has 3 aliphatic rings. The van der Waals surface area contributed by atoms with Crippen molar-refractivity contribution in [3.8, 4) is 34.5 Å². The van der Waals surface area contributed by atoms with E-state index in [1.165, 1.54) is 6.07 Å². The summed E-state index contributed by atoms with van der Waals surface area (Å²) in [6.07, 6.45) is 0.602. The highest BCUT2D eigenvalue weighted by molar-refractivity contribution is 9.11. The molecule has 0 atom stereocenters. The van der Waals surface area contributed by atoms with E-state index in [4.69, 9.17) is 9.47 Å². The number of phenols is 2. The molecule has 266 valence electrons. The number of phenolic OH excluding ortho intramolecular Hbond substituents is 2. The minimum absolute atomic E-state index is 0.0370. The Morgan fingerprint density at radius 2 is 1.16 bits per heavy atom. The number of aromatic hydroxyl groups is 2. The Morgan fingerprint density at radius 3 is 1.78 bits per heavy atom. The van der Waals surface area contributed by atoms with Gasteiger partial charge in [0.2, 0.25) is 0 Å². The fourth-order valence-electron chi connectivity index (χ4n) is 5.04. The third kappa shape index (κ3) is 9.43. The molecule has 7 rings (SSSR count). The molecular formula is C34H27Br5N4O8. The summed E-state index contributed by atoms with van der Waals surface area (Å²) in [5, 5.41) is 53.1. The standard InChI is InChI=1S/C34H27Br5N4O8/c35-20-3-1-16-5-7-40-33(46)25(43-49)13-18-9-21(36)30(44)28(15-18)51-32-22(37)10-17(11-23(32)38)12-24(42-48)34(47)41-8-6-19-2-4-26(31(45)29(19)39)50-27(20)14-16/h1-4,9-11,14-15,44-45,48-49H,5-8,12-13H2,(H,40,46)(H,41,47)/b42-24+,43-25+. The molecule has 0 spiro atoms. The Balaban J connectivity index is 1.48. The van der Waals surface area contributed by atoms with E-state index in [0.29, 0.717) is 53.2 Å². The lowest BCUT2D eigenvalue weighted by atomic mass is 10.1. The van der Waals surface area contributed by atoms with E-state index in [1.807, 2.05) is 6.07 Å². The first kappa shape index (κ1) is 38.6. The Hall–Kier alpha value is -3.64. The largest absolute Gasteiger partial charge is 0.503 e. The van der Waals surface area contributed by atoms with E-state index >= 15 is 0 Å². The summed E-state index contributed by atoms with van der Waals surface area (Å²) in [7, 11) is 0. The van der Waals surface area contributed by atoms with E-state index in [9.17, 15) is 30.2 Å². The zero-order valence-electron chi connectivity index (χ0n) is 26.1. The Kier molecular flexibility index (Phi) is 13.1. The predicted molar refractivity (Wildman–Crippen MR) is 207 cm³/mol. The van der Waals surface area contributed by atoms with Gasteiger partial charge >= 0.3 is 0 Å². The quantitative estimate of drug-likeness (QED) is 0.0752. The van der Waals surface area contributed by atoms with Crippen molar-refractivity contribution in [3.63, 3.8) is 0 Å². The second-order valence-corrected chi connectivity index (χ2v) is 15.3. The summed E-state index contributed by atoms with van der Waals surface area (Å²) >= 11 is 17.2. The van der Waals surface area contributed by atoms with Gasteiger partial charge in [-0.15, -0.1) is 0 Å². The molecule has 4 aromatic carbocycles. The smallest absolute Gasteiger partial charge is 0.269 e. The summed E-state index contributed by atoms with van der Waals surface area (Å²) < 4.78 is 14.3. The summed E-state index contributed by atoms with van der Waals surface area (Å²) in [6.45, 7) is 0.377. The van der Waals surface area contributed by atoms with Crippen molar-refractivity contribution >= 4 is 103 Å². The topological polar surface area (TPSA) is 182 Å². The van der Waals surface area contributed by atoms with Crippen molar-refractivity contribution in [1.29, 1.82) is 0 Å². The first-order valence-electron chi connectivity index (χ1n) is 15.0. The highest BCUT2D eigenvalue weighted by Crippen LogP contribution is 2.44. The monoisotopic (exact) mass is 1010 g/mol. The maximum atomic E-state index is 13.0. The van der Waals surface area contributed by atoms with Gasteiger partial charge in [0.1, 0.15) is 17.2 Å². The van der Waals surface area contributed by atoms with Gasteiger partial charge in [-0.1, -0.05) is 22.4 Å². The predicted octanol–water partition coefficient (Wildman–Crippen LogP) is 8.27. The molecule has 17 heteroatoms. The van der Waals surface area contributed by atoms with Crippen molar-refractivity contribution in [2.75, 3.05) is 13.1 Å². The second-order valence-electron chi connectivity index (χ2n) is 11.1. The number of oxime groups is 2. The van der Waals surface area contributed by atoms with Crippen LogP contribution in [0, 0.1) is 0 Å². The van der Waals surface area contributed by atoms with Crippen molar-refractivity contribution in [1.82, 2.24) is 10.6 Å². The normalized spacial score (nSPS) is 16.2. The minimum Gasteiger partial charge on any atom is -0.503 e. The summed E-state index contributed by atoms with van der Waals surface area (Å²) in [6, 6.07) is 15.2. The van der Waals surface area contributed by atoms with Crippen LogP contribution in [0.15, 0.2) is 87.3 Å². The van der Waals surface area contributed by atoms with Crippen molar-refractivity contribution in [3.05, 3.63) is 99.2 Å². The number of ether oxygens (including phenoxy) is 2. The van der Waals surface area contributed by atoms with Crippen LogP contribution in [0.2, 0.25) is 0 Å². The van der Waals surface area contributed by atoms with Gasteiger partial charge in [-0.3, -0.25) is 9.59 Å². The van der Waals surface area contributed by atoms with Crippen LogP contribution in [0.4, 0.5) is 0 Å². The van der Waals surface area contributed by atoms with E-state index in [-0.39, 0.29) is 70.6 Å². The first-order valence-corrected chi connectivity index (χ1v) is 19.0. The number of fused-ring (bicyclic) bond motifs is 2. The zero-order chi connectivity index (χ0) is 36.8. The average molecular weight is 1020 g/mol. The molecule has 0 unspecified atom stereocenters. The zero-order valence-corrected chi connectivity index (χ0v) is 34.1. The van der Waals surface area contributed by atoms with Gasteiger partial charge in [-0.25, -0.2) is 0 Å². The van der Waals surface area contributed by atoms with E-state index in [2.05, 4.69) is 101 Å². The van der Waals surface area contributed by atoms with E-state index in [0.717, 1.165) is 5.56 Å². The second kappa shape index (κ2) is 17.3. The average Bonchev–Trinajstić information content (AvgIpc) is 3.09. The van der Waals surface area contributed by atoms with Crippen LogP contribution in [0.3, 0.4) is 0 Å². The first-order chi connectivity index (χ1) is 24.4. The number of benzene rings is 4. The lowest BCUT2D eigenvalue weighted by molar-refractivity contribution is -0.115. The molecule has 3 aliphatic heterocycles. The molecule has 0 saturated heterocycles. The van der Waals surface area contributed by atoms with Gasteiger partial charge in [0.15, 0.2) is 28.7 Å². The lowest BCUT2D eigenvalue weighted by Gasteiger charge is -2.16. The Morgan fingerprint density at radius 1 is 0.588 bits per heavy atom. The van der Waals surface area contributed by atoms with Crippen LogP contribution in [0.25, 0.3) is 0 Å². The molecule has 2 amide bonds. The molecule has 12 nitrogen and oxygen atoms in total. The third-order valence-corrected chi connectivity index (χ3v) is 10.9. The van der Waals surface area contributed by atoms with Crippen molar-refractivity contribution in [2.45, 2.75) is 25.7 Å². The molecule has 0 aliphatic carbocycles. The summed E-state index contributed by atoms with van der Waals surface area (Å²) in [4.78, 5) is 26.0. The number of nitrogens with zero attached hydrogens (tertiary/aromatic N) is 2. The van der Waals surface area contributed by atoms with Crippen LogP contribution >= 0.6 is 79.6 Å². The Labute approximate surface area is 333 Å².